The molecule has 5 heteroatoms. The first kappa shape index (κ1) is 19.4. The van der Waals surface area contributed by atoms with E-state index in [0.29, 0.717) is 13.1 Å². The zero-order chi connectivity index (χ0) is 19.6. The third kappa shape index (κ3) is 3.95. The highest BCUT2D eigenvalue weighted by molar-refractivity contribution is 6.05. The molecule has 4 rings (SSSR count). The minimum atomic E-state index is -0.383. The van der Waals surface area contributed by atoms with Crippen LogP contribution in [0, 0.1) is 5.41 Å². The Labute approximate surface area is 168 Å². The normalized spacial score (nSPS) is 22.5. The number of carbonyl (C=O) groups is 2. The largest absolute Gasteiger partial charge is 0.372 e. The first-order chi connectivity index (χ1) is 13.6. The van der Waals surface area contributed by atoms with Crippen molar-refractivity contribution in [3.63, 3.8) is 0 Å². The third-order valence-corrected chi connectivity index (χ3v) is 6.79. The molecule has 1 aliphatic carbocycles. The highest BCUT2D eigenvalue weighted by Crippen LogP contribution is 2.45. The van der Waals surface area contributed by atoms with Crippen molar-refractivity contribution in [3.8, 4) is 0 Å². The Bertz CT molecular complexity index is 703. The van der Waals surface area contributed by atoms with E-state index in [0.717, 1.165) is 45.3 Å². The molecule has 1 aromatic carbocycles. The van der Waals surface area contributed by atoms with Gasteiger partial charge in [-0.3, -0.25) is 19.4 Å². The van der Waals surface area contributed by atoms with Gasteiger partial charge in [0, 0.05) is 31.7 Å². The van der Waals surface area contributed by atoms with E-state index in [4.69, 9.17) is 0 Å². The minimum absolute atomic E-state index is 0.0131. The molecule has 2 aliphatic heterocycles. The quantitative estimate of drug-likeness (QED) is 0.726. The Balaban J connectivity index is 1.34. The molecule has 3 fully saturated rings. The second-order valence-corrected chi connectivity index (χ2v) is 9.01. The van der Waals surface area contributed by atoms with Gasteiger partial charge in [-0.15, -0.1) is 0 Å². The van der Waals surface area contributed by atoms with E-state index in [1.165, 1.54) is 41.8 Å². The zero-order valence-electron chi connectivity index (χ0n) is 17.2. The maximum atomic E-state index is 13.0. The molecule has 28 heavy (non-hydrogen) atoms. The lowest BCUT2D eigenvalue weighted by molar-refractivity contribution is -0.144. The van der Waals surface area contributed by atoms with Gasteiger partial charge in [-0.25, -0.2) is 0 Å². The Morgan fingerprint density at radius 3 is 2.25 bits per heavy atom. The molecule has 0 N–H and O–H groups in total. The van der Waals surface area contributed by atoms with E-state index in [-0.39, 0.29) is 17.2 Å². The summed E-state index contributed by atoms with van der Waals surface area (Å²) in [6.07, 6.45) is 9.44. The van der Waals surface area contributed by atoms with Crippen molar-refractivity contribution in [2.75, 3.05) is 31.7 Å². The van der Waals surface area contributed by atoms with Crippen LogP contribution in [0.3, 0.4) is 0 Å². The van der Waals surface area contributed by atoms with Gasteiger partial charge in [0.2, 0.25) is 11.8 Å². The molecule has 5 nitrogen and oxygen atoms in total. The number of likely N-dealkylation sites (tertiary alicyclic amines) is 1. The lowest BCUT2D eigenvalue weighted by Crippen LogP contribution is -2.42. The number of imide groups is 1. The second kappa shape index (κ2) is 8.24. The molecule has 2 heterocycles. The molecule has 0 unspecified atom stereocenters. The number of rotatable bonds is 5. The number of anilines is 1. The summed E-state index contributed by atoms with van der Waals surface area (Å²) in [7, 11) is 1.99. The number of nitrogens with zero attached hydrogens (tertiary/aromatic N) is 3. The van der Waals surface area contributed by atoms with Crippen LogP contribution in [0.4, 0.5) is 5.69 Å². The van der Waals surface area contributed by atoms with Crippen molar-refractivity contribution < 1.29 is 9.59 Å². The van der Waals surface area contributed by atoms with Crippen LogP contribution < -0.4 is 4.90 Å². The summed E-state index contributed by atoms with van der Waals surface area (Å²) in [5.41, 5.74) is 2.14. The fourth-order valence-corrected chi connectivity index (χ4v) is 5.19. The van der Waals surface area contributed by atoms with E-state index in [9.17, 15) is 9.59 Å². The lowest BCUT2D eigenvalue weighted by atomic mass is 9.73. The minimum Gasteiger partial charge on any atom is -0.372 e. The number of benzene rings is 1. The Morgan fingerprint density at radius 2 is 1.57 bits per heavy atom. The highest BCUT2D eigenvalue weighted by Gasteiger charge is 2.51. The van der Waals surface area contributed by atoms with Crippen LogP contribution in [-0.2, 0) is 16.1 Å². The monoisotopic (exact) mass is 383 g/mol. The van der Waals surface area contributed by atoms with Crippen molar-refractivity contribution >= 4 is 17.5 Å². The lowest BCUT2D eigenvalue weighted by Gasteiger charge is -2.31. The number of amides is 2. The van der Waals surface area contributed by atoms with Crippen LogP contribution in [-0.4, -0.2) is 48.4 Å². The van der Waals surface area contributed by atoms with Gasteiger partial charge in [-0.2, -0.15) is 0 Å². The molecular formula is C23H33N3O2. The average Bonchev–Trinajstić information content (AvgIpc) is 2.93. The van der Waals surface area contributed by atoms with Gasteiger partial charge >= 0.3 is 0 Å². The number of piperidine rings is 1. The Kier molecular flexibility index (Phi) is 5.72. The number of carbonyl (C=O) groups excluding carboxylic acids is 2. The zero-order valence-corrected chi connectivity index (χ0v) is 17.2. The molecule has 3 aliphatic rings. The van der Waals surface area contributed by atoms with Gasteiger partial charge in [-0.05, 0) is 56.8 Å². The molecule has 2 amide bonds. The van der Waals surface area contributed by atoms with Crippen LogP contribution in [0.1, 0.15) is 63.4 Å². The van der Waals surface area contributed by atoms with Crippen LogP contribution in [0.5, 0.6) is 0 Å². The first-order valence-electron chi connectivity index (χ1n) is 10.9. The van der Waals surface area contributed by atoms with Gasteiger partial charge in [0.1, 0.15) is 0 Å². The van der Waals surface area contributed by atoms with Crippen LogP contribution in [0.25, 0.3) is 0 Å². The fourth-order valence-electron chi connectivity index (χ4n) is 5.19. The van der Waals surface area contributed by atoms with Gasteiger partial charge in [0.05, 0.1) is 12.1 Å². The van der Waals surface area contributed by atoms with Crippen LogP contribution in [0.2, 0.25) is 0 Å². The summed E-state index contributed by atoms with van der Waals surface area (Å²) in [6, 6.07) is 8.77. The molecule has 1 spiro atoms. The maximum absolute atomic E-state index is 13.0. The molecule has 0 radical (unpaired) electrons. The SMILES string of the molecule is CN(Cc1ccc(N2CCCCC2)cc1)CN1C(=O)CC2(CCCCC2)C1=O. The summed E-state index contributed by atoms with van der Waals surface area (Å²) in [5.74, 6) is 0.0868. The van der Waals surface area contributed by atoms with Crippen molar-refractivity contribution in [1.29, 1.82) is 0 Å². The number of hydrogen-bond donors (Lipinski definition) is 0. The topological polar surface area (TPSA) is 43.9 Å². The predicted octanol–water partition coefficient (Wildman–Crippen LogP) is 3.78. The van der Waals surface area contributed by atoms with Crippen molar-refractivity contribution in [1.82, 2.24) is 9.80 Å². The first-order valence-corrected chi connectivity index (χ1v) is 10.9. The summed E-state index contributed by atoms with van der Waals surface area (Å²) >= 11 is 0. The predicted molar refractivity (Wildman–Crippen MR) is 111 cm³/mol. The van der Waals surface area contributed by atoms with E-state index in [1.807, 2.05) is 7.05 Å². The molecule has 1 saturated carbocycles. The van der Waals surface area contributed by atoms with Gasteiger partial charge < -0.3 is 4.90 Å². The van der Waals surface area contributed by atoms with E-state index >= 15 is 0 Å². The van der Waals surface area contributed by atoms with Crippen LogP contribution >= 0.6 is 0 Å². The molecular weight excluding hydrogens is 350 g/mol. The maximum Gasteiger partial charge on any atom is 0.237 e. The van der Waals surface area contributed by atoms with E-state index in [1.54, 1.807) is 0 Å². The second-order valence-electron chi connectivity index (χ2n) is 9.01. The number of hydrogen-bond acceptors (Lipinski definition) is 4. The average molecular weight is 384 g/mol. The third-order valence-electron chi connectivity index (χ3n) is 6.79. The molecule has 0 aromatic heterocycles. The van der Waals surface area contributed by atoms with Crippen molar-refractivity contribution in [2.24, 2.45) is 5.41 Å². The fraction of sp³-hybridized carbons (Fsp3) is 0.652. The van der Waals surface area contributed by atoms with Gasteiger partial charge in [0.15, 0.2) is 0 Å². The van der Waals surface area contributed by atoms with Gasteiger partial charge in [-0.1, -0.05) is 31.4 Å². The molecule has 1 aromatic rings. The summed E-state index contributed by atoms with van der Waals surface area (Å²) in [4.78, 5) is 31.6. The van der Waals surface area contributed by atoms with Gasteiger partial charge in [0.25, 0.3) is 0 Å². The summed E-state index contributed by atoms with van der Waals surface area (Å²) in [5, 5.41) is 0. The van der Waals surface area contributed by atoms with Crippen LogP contribution in [0.15, 0.2) is 24.3 Å². The van der Waals surface area contributed by atoms with Crippen molar-refractivity contribution in [2.45, 2.75) is 64.3 Å². The highest BCUT2D eigenvalue weighted by atomic mass is 16.2. The Morgan fingerprint density at radius 1 is 0.929 bits per heavy atom. The molecule has 2 saturated heterocycles. The summed E-state index contributed by atoms with van der Waals surface area (Å²) < 4.78 is 0. The Hall–Kier alpha value is -1.88. The van der Waals surface area contributed by atoms with E-state index in [2.05, 4.69) is 34.1 Å². The van der Waals surface area contributed by atoms with E-state index < -0.39 is 0 Å². The van der Waals surface area contributed by atoms with Crippen molar-refractivity contribution in [3.05, 3.63) is 29.8 Å². The standard InChI is InChI=1S/C23H33N3O2/c1-24(17-19-8-10-20(11-9-19)25-14-6-3-7-15-25)18-26-21(27)16-23(22(26)28)12-4-2-5-13-23/h8-11H,2-7,12-18H2,1H3. The molecule has 152 valence electrons. The molecule has 0 atom stereocenters. The summed E-state index contributed by atoms with van der Waals surface area (Å²) in [6.45, 7) is 3.44. The molecule has 0 bridgehead atoms. The smallest absolute Gasteiger partial charge is 0.237 e.